The minimum atomic E-state index is -3.45. The number of aliphatic hydroxyl groups is 1. The number of amides is 1. The standard InChI is InChI=1S/C11H20N2O6S/c1-20(18,19)13-7-3-2-4-8(13)10(15)12-6-5-9(14)11(16)17/h8-9,14H,2-7H2,1H3,(H,12,15)(H,16,17)/t8?,9-/m0/s1. The molecule has 1 unspecified atom stereocenters. The minimum Gasteiger partial charge on any atom is -0.479 e. The van der Waals surface area contributed by atoms with Gasteiger partial charge in [0.05, 0.1) is 6.26 Å². The molecule has 1 heterocycles. The van der Waals surface area contributed by atoms with E-state index < -0.39 is 34.0 Å². The number of carboxylic acid groups (broad SMARTS) is 1. The molecule has 0 aliphatic carbocycles. The molecule has 0 aromatic heterocycles. The van der Waals surface area contributed by atoms with Crippen LogP contribution in [0.4, 0.5) is 0 Å². The van der Waals surface area contributed by atoms with Gasteiger partial charge in [-0.1, -0.05) is 6.42 Å². The number of nitrogens with one attached hydrogen (secondary N) is 1. The third kappa shape index (κ3) is 4.73. The van der Waals surface area contributed by atoms with E-state index >= 15 is 0 Å². The van der Waals surface area contributed by atoms with Crippen molar-refractivity contribution in [3.05, 3.63) is 0 Å². The van der Waals surface area contributed by atoms with E-state index in [-0.39, 0.29) is 13.0 Å². The number of hydrogen-bond acceptors (Lipinski definition) is 5. The zero-order valence-corrected chi connectivity index (χ0v) is 12.1. The number of nitrogens with zero attached hydrogens (tertiary/aromatic N) is 1. The lowest BCUT2D eigenvalue weighted by molar-refractivity contribution is -0.147. The first-order valence-corrected chi connectivity index (χ1v) is 8.23. The fourth-order valence-corrected chi connectivity index (χ4v) is 3.26. The van der Waals surface area contributed by atoms with Crippen molar-refractivity contribution >= 4 is 21.9 Å². The number of aliphatic hydroxyl groups excluding tert-OH is 1. The molecule has 20 heavy (non-hydrogen) atoms. The van der Waals surface area contributed by atoms with Gasteiger partial charge < -0.3 is 15.5 Å². The van der Waals surface area contributed by atoms with Crippen LogP contribution in [0.25, 0.3) is 0 Å². The van der Waals surface area contributed by atoms with E-state index in [2.05, 4.69) is 5.32 Å². The first-order valence-electron chi connectivity index (χ1n) is 6.39. The van der Waals surface area contributed by atoms with Gasteiger partial charge in [0.25, 0.3) is 0 Å². The van der Waals surface area contributed by atoms with E-state index in [9.17, 15) is 18.0 Å². The van der Waals surface area contributed by atoms with E-state index in [0.717, 1.165) is 12.7 Å². The number of rotatable bonds is 6. The number of carboxylic acids is 1. The number of aliphatic carboxylic acids is 1. The Morgan fingerprint density at radius 1 is 1.40 bits per heavy atom. The van der Waals surface area contributed by atoms with Crippen LogP contribution in [0.15, 0.2) is 0 Å². The van der Waals surface area contributed by atoms with Crippen molar-refractivity contribution in [3.8, 4) is 0 Å². The summed E-state index contributed by atoms with van der Waals surface area (Å²) >= 11 is 0. The highest BCUT2D eigenvalue weighted by Crippen LogP contribution is 2.19. The van der Waals surface area contributed by atoms with Crippen molar-refractivity contribution in [1.82, 2.24) is 9.62 Å². The molecule has 9 heteroatoms. The monoisotopic (exact) mass is 308 g/mol. The van der Waals surface area contributed by atoms with Gasteiger partial charge in [0.15, 0.2) is 6.10 Å². The van der Waals surface area contributed by atoms with Crippen LogP contribution in [0.2, 0.25) is 0 Å². The molecule has 0 radical (unpaired) electrons. The second-order valence-electron chi connectivity index (χ2n) is 4.82. The van der Waals surface area contributed by atoms with Crippen molar-refractivity contribution in [2.24, 2.45) is 0 Å². The Balaban J connectivity index is 2.54. The molecule has 1 aliphatic heterocycles. The molecule has 1 rings (SSSR count). The molecule has 1 saturated heterocycles. The summed E-state index contributed by atoms with van der Waals surface area (Å²) in [6, 6.07) is -0.749. The summed E-state index contributed by atoms with van der Waals surface area (Å²) in [5, 5.41) is 20.0. The molecule has 8 nitrogen and oxygen atoms in total. The summed E-state index contributed by atoms with van der Waals surface area (Å²) in [5.74, 6) is -1.80. The predicted octanol–water partition coefficient (Wildman–Crippen LogP) is -1.25. The first-order chi connectivity index (χ1) is 9.23. The van der Waals surface area contributed by atoms with Crippen LogP contribution in [0.5, 0.6) is 0 Å². The minimum absolute atomic E-state index is 0.0135. The first kappa shape index (κ1) is 16.9. The molecular weight excluding hydrogens is 288 g/mol. The molecule has 0 aromatic rings. The van der Waals surface area contributed by atoms with Gasteiger partial charge in [-0.2, -0.15) is 4.31 Å². The maximum atomic E-state index is 12.0. The molecule has 1 amide bonds. The van der Waals surface area contributed by atoms with Crippen LogP contribution in [0.3, 0.4) is 0 Å². The molecule has 0 aromatic carbocycles. The zero-order valence-electron chi connectivity index (χ0n) is 11.3. The number of carbonyl (C=O) groups is 2. The van der Waals surface area contributed by atoms with Crippen LogP contribution in [-0.2, 0) is 19.6 Å². The smallest absolute Gasteiger partial charge is 0.332 e. The van der Waals surface area contributed by atoms with Crippen molar-refractivity contribution in [2.75, 3.05) is 19.3 Å². The van der Waals surface area contributed by atoms with Gasteiger partial charge >= 0.3 is 5.97 Å². The largest absolute Gasteiger partial charge is 0.479 e. The third-order valence-electron chi connectivity index (χ3n) is 3.18. The second kappa shape index (κ2) is 7.00. The van der Waals surface area contributed by atoms with Gasteiger partial charge in [0.1, 0.15) is 6.04 Å². The van der Waals surface area contributed by atoms with Gasteiger partial charge in [-0.05, 0) is 12.8 Å². The van der Waals surface area contributed by atoms with Gasteiger partial charge in [0.2, 0.25) is 15.9 Å². The maximum absolute atomic E-state index is 12.0. The van der Waals surface area contributed by atoms with Crippen molar-refractivity contribution < 1.29 is 28.2 Å². The molecular formula is C11H20N2O6S. The topological polar surface area (TPSA) is 124 Å². The van der Waals surface area contributed by atoms with Crippen LogP contribution in [0, 0.1) is 0 Å². The van der Waals surface area contributed by atoms with E-state index in [1.807, 2.05) is 0 Å². The van der Waals surface area contributed by atoms with E-state index in [0.29, 0.717) is 19.4 Å². The van der Waals surface area contributed by atoms with Crippen molar-refractivity contribution in [3.63, 3.8) is 0 Å². The predicted molar refractivity (Wildman–Crippen MR) is 70.5 cm³/mol. The molecule has 3 N–H and O–H groups in total. The zero-order chi connectivity index (χ0) is 15.3. The van der Waals surface area contributed by atoms with Crippen molar-refractivity contribution in [1.29, 1.82) is 0 Å². The molecule has 0 bridgehead atoms. The normalized spacial score (nSPS) is 22.2. The summed E-state index contributed by atoms with van der Waals surface area (Å²) in [6.07, 6.45) is 1.34. The maximum Gasteiger partial charge on any atom is 0.332 e. The lowest BCUT2D eigenvalue weighted by Crippen LogP contribution is -2.51. The molecule has 2 atom stereocenters. The number of sulfonamides is 1. The van der Waals surface area contributed by atoms with E-state index in [1.165, 1.54) is 4.31 Å². The van der Waals surface area contributed by atoms with Crippen molar-refractivity contribution in [2.45, 2.75) is 37.8 Å². The Labute approximate surface area is 117 Å². The second-order valence-corrected chi connectivity index (χ2v) is 6.75. The third-order valence-corrected chi connectivity index (χ3v) is 4.47. The Hall–Kier alpha value is -1.19. The Bertz CT molecular complexity index is 464. The van der Waals surface area contributed by atoms with Gasteiger partial charge in [-0.3, -0.25) is 4.79 Å². The lowest BCUT2D eigenvalue weighted by Gasteiger charge is -2.32. The highest BCUT2D eigenvalue weighted by Gasteiger charge is 2.34. The van der Waals surface area contributed by atoms with E-state index in [1.54, 1.807) is 0 Å². The van der Waals surface area contributed by atoms with E-state index in [4.69, 9.17) is 10.2 Å². The molecule has 116 valence electrons. The summed E-state index contributed by atoms with van der Waals surface area (Å²) in [7, 11) is -3.45. The van der Waals surface area contributed by atoms with Crippen LogP contribution in [0.1, 0.15) is 25.7 Å². The molecule has 1 aliphatic rings. The number of carbonyl (C=O) groups excluding carboxylic acids is 1. The lowest BCUT2D eigenvalue weighted by atomic mass is 10.0. The summed E-state index contributed by atoms with van der Waals surface area (Å²) in [6.45, 7) is 0.301. The summed E-state index contributed by atoms with van der Waals surface area (Å²) in [4.78, 5) is 22.4. The van der Waals surface area contributed by atoms with Gasteiger partial charge in [-0.25, -0.2) is 13.2 Å². The number of piperidine rings is 1. The number of hydrogen-bond donors (Lipinski definition) is 3. The van der Waals surface area contributed by atoms with Crippen LogP contribution in [-0.4, -0.2) is 66.3 Å². The van der Waals surface area contributed by atoms with Crippen LogP contribution >= 0.6 is 0 Å². The molecule has 1 fully saturated rings. The van der Waals surface area contributed by atoms with Crippen LogP contribution < -0.4 is 5.32 Å². The highest BCUT2D eigenvalue weighted by molar-refractivity contribution is 7.88. The fourth-order valence-electron chi connectivity index (χ4n) is 2.14. The quantitative estimate of drug-likeness (QED) is 0.563. The molecule has 0 saturated carbocycles. The average molecular weight is 308 g/mol. The summed E-state index contributed by atoms with van der Waals surface area (Å²) < 4.78 is 24.4. The summed E-state index contributed by atoms with van der Waals surface area (Å²) in [5.41, 5.74) is 0. The Kier molecular flexibility index (Phi) is 5.90. The molecule has 0 spiro atoms. The highest BCUT2D eigenvalue weighted by atomic mass is 32.2. The van der Waals surface area contributed by atoms with Gasteiger partial charge in [0, 0.05) is 19.5 Å². The fraction of sp³-hybridized carbons (Fsp3) is 0.818. The average Bonchev–Trinajstić information content (AvgIpc) is 2.37. The SMILES string of the molecule is CS(=O)(=O)N1CCCCC1C(=O)NCC[C@H](O)C(=O)O. The van der Waals surface area contributed by atoms with Gasteiger partial charge in [-0.15, -0.1) is 0 Å². The Morgan fingerprint density at radius 3 is 2.60 bits per heavy atom. The Morgan fingerprint density at radius 2 is 2.05 bits per heavy atom.